The molecule has 22 heavy (non-hydrogen) atoms. The van der Waals surface area contributed by atoms with Crippen LogP contribution in [0.5, 0.6) is 0 Å². The number of hydrogen-bond donors (Lipinski definition) is 1. The fourth-order valence-electron chi connectivity index (χ4n) is 2.45. The molecule has 2 rings (SSSR count). The zero-order valence-electron chi connectivity index (χ0n) is 12.1. The standard InChI is InChI=1S/C14H18ClFN2O3S/c1-10(15)14(19)18-7-3-5-12(9-18)17-22(20,21)13-6-2-4-11(16)8-13/h2,4,6,8,10,12,17H,3,5,7,9H2,1H3. The van der Waals surface area contributed by atoms with E-state index in [0.717, 1.165) is 6.07 Å². The van der Waals surface area contributed by atoms with Crippen LogP contribution in [0, 0.1) is 5.82 Å². The minimum absolute atomic E-state index is 0.123. The van der Waals surface area contributed by atoms with E-state index in [9.17, 15) is 17.6 Å². The lowest BCUT2D eigenvalue weighted by atomic mass is 10.1. The van der Waals surface area contributed by atoms with Crippen LogP contribution in [-0.4, -0.2) is 43.7 Å². The molecule has 1 aromatic carbocycles. The average molecular weight is 349 g/mol. The second-order valence-electron chi connectivity index (χ2n) is 5.32. The monoisotopic (exact) mass is 348 g/mol. The molecule has 1 fully saturated rings. The maximum atomic E-state index is 13.2. The summed E-state index contributed by atoms with van der Waals surface area (Å²) in [4.78, 5) is 13.3. The minimum atomic E-state index is -3.81. The van der Waals surface area contributed by atoms with Gasteiger partial charge in [0, 0.05) is 19.1 Å². The second kappa shape index (κ2) is 6.93. The fraction of sp³-hybridized carbons (Fsp3) is 0.500. The Morgan fingerprint density at radius 1 is 1.50 bits per heavy atom. The number of rotatable bonds is 4. The third-order valence-corrected chi connectivity index (χ3v) is 5.21. The van der Waals surface area contributed by atoms with Crippen molar-refractivity contribution in [2.45, 2.75) is 36.1 Å². The van der Waals surface area contributed by atoms with Crippen molar-refractivity contribution in [2.75, 3.05) is 13.1 Å². The van der Waals surface area contributed by atoms with E-state index in [1.165, 1.54) is 18.2 Å². The summed E-state index contributed by atoms with van der Waals surface area (Å²) in [5.74, 6) is -0.824. The summed E-state index contributed by atoms with van der Waals surface area (Å²) >= 11 is 5.78. The molecule has 0 spiro atoms. The quantitative estimate of drug-likeness (QED) is 0.842. The van der Waals surface area contributed by atoms with Gasteiger partial charge in [-0.3, -0.25) is 4.79 Å². The van der Waals surface area contributed by atoms with Crippen LogP contribution in [0.2, 0.25) is 0 Å². The molecular formula is C14H18ClFN2O3S. The predicted octanol–water partition coefficient (Wildman–Crippen LogP) is 1.72. The van der Waals surface area contributed by atoms with Gasteiger partial charge in [0.15, 0.2) is 0 Å². The molecule has 1 N–H and O–H groups in total. The number of alkyl halides is 1. The van der Waals surface area contributed by atoms with Gasteiger partial charge in [-0.2, -0.15) is 0 Å². The Hall–Kier alpha value is -1.18. The molecule has 8 heteroatoms. The molecular weight excluding hydrogens is 331 g/mol. The molecule has 0 bridgehead atoms. The Morgan fingerprint density at radius 2 is 2.23 bits per heavy atom. The molecule has 1 amide bonds. The van der Waals surface area contributed by atoms with E-state index >= 15 is 0 Å². The lowest BCUT2D eigenvalue weighted by Gasteiger charge is -2.33. The van der Waals surface area contributed by atoms with Crippen LogP contribution in [0.25, 0.3) is 0 Å². The highest BCUT2D eigenvalue weighted by Gasteiger charge is 2.29. The van der Waals surface area contributed by atoms with Crippen molar-refractivity contribution in [3.8, 4) is 0 Å². The van der Waals surface area contributed by atoms with E-state index in [1.807, 2.05) is 0 Å². The largest absolute Gasteiger partial charge is 0.340 e. The van der Waals surface area contributed by atoms with Crippen LogP contribution in [0.1, 0.15) is 19.8 Å². The van der Waals surface area contributed by atoms with E-state index in [1.54, 1.807) is 11.8 Å². The highest BCUT2D eigenvalue weighted by atomic mass is 35.5. The summed E-state index contributed by atoms with van der Waals surface area (Å²) in [7, 11) is -3.81. The first-order valence-corrected chi connectivity index (χ1v) is 8.92. The van der Waals surface area contributed by atoms with E-state index in [2.05, 4.69) is 4.72 Å². The van der Waals surface area contributed by atoms with Crippen LogP contribution in [-0.2, 0) is 14.8 Å². The van der Waals surface area contributed by atoms with E-state index in [0.29, 0.717) is 19.4 Å². The van der Waals surface area contributed by atoms with Crippen molar-refractivity contribution in [2.24, 2.45) is 0 Å². The second-order valence-corrected chi connectivity index (χ2v) is 7.69. The van der Waals surface area contributed by atoms with Gasteiger partial charge >= 0.3 is 0 Å². The average Bonchev–Trinajstić information content (AvgIpc) is 2.46. The SMILES string of the molecule is CC(Cl)C(=O)N1CCCC(NS(=O)(=O)c2cccc(F)c2)C1. The first kappa shape index (κ1) is 17.2. The molecule has 1 saturated heterocycles. The van der Waals surface area contributed by atoms with Crippen molar-refractivity contribution < 1.29 is 17.6 Å². The summed E-state index contributed by atoms with van der Waals surface area (Å²) in [6, 6.07) is 4.42. The van der Waals surface area contributed by atoms with Crippen LogP contribution >= 0.6 is 11.6 Å². The normalized spacial score (nSPS) is 20.7. The Labute approximate surface area is 134 Å². The highest BCUT2D eigenvalue weighted by molar-refractivity contribution is 7.89. The Bertz CT molecular complexity index is 651. The fourth-order valence-corrected chi connectivity index (χ4v) is 3.88. The molecule has 0 aromatic heterocycles. The number of carbonyl (C=O) groups excluding carboxylic acids is 1. The van der Waals surface area contributed by atoms with Gasteiger partial charge in [0.1, 0.15) is 11.2 Å². The molecule has 1 aliphatic rings. The molecule has 0 aliphatic carbocycles. The third kappa shape index (κ3) is 4.18. The molecule has 1 heterocycles. The van der Waals surface area contributed by atoms with Crippen molar-refractivity contribution >= 4 is 27.5 Å². The number of sulfonamides is 1. The van der Waals surface area contributed by atoms with E-state index in [4.69, 9.17) is 11.6 Å². The summed E-state index contributed by atoms with van der Waals surface area (Å²) < 4.78 is 40.2. The molecule has 2 unspecified atom stereocenters. The number of piperidine rings is 1. The number of halogens is 2. The van der Waals surface area contributed by atoms with Gasteiger partial charge in [-0.25, -0.2) is 17.5 Å². The van der Waals surface area contributed by atoms with Gasteiger partial charge in [0.2, 0.25) is 15.9 Å². The first-order chi connectivity index (χ1) is 10.3. The van der Waals surface area contributed by atoms with E-state index < -0.39 is 27.3 Å². The van der Waals surface area contributed by atoms with Crippen molar-refractivity contribution in [1.29, 1.82) is 0 Å². The Morgan fingerprint density at radius 3 is 2.86 bits per heavy atom. The highest BCUT2D eigenvalue weighted by Crippen LogP contribution is 2.16. The Balaban J connectivity index is 2.08. The van der Waals surface area contributed by atoms with Crippen molar-refractivity contribution in [3.63, 3.8) is 0 Å². The van der Waals surface area contributed by atoms with Gasteiger partial charge in [-0.15, -0.1) is 11.6 Å². The Kier molecular flexibility index (Phi) is 5.41. The number of nitrogens with zero attached hydrogens (tertiary/aromatic N) is 1. The molecule has 0 radical (unpaired) electrons. The van der Waals surface area contributed by atoms with Gasteiger partial charge in [0.25, 0.3) is 0 Å². The number of amides is 1. The number of benzene rings is 1. The minimum Gasteiger partial charge on any atom is -0.340 e. The number of likely N-dealkylation sites (tertiary alicyclic amines) is 1. The van der Waals surface area contributed by atoms with E-state index in [-0.39, 0.29) is 17.3 Å². The molecule has 0 saturated carbocycles. The van der Waals surface area contributed by atoms with Crippen LogP contribution in [0.4, 0.5) is 4.39 Å². The lowest BCUT2D eigenvalue weighted by molar-refractivity contribution is -0.131. The van der Waals surface area contributed by atoms with Gasteiger partial charge in [-0.1, -0.05) is 6.07 Å². The van der Waals surface area contributed by atoms with Gasteiger partial charge < -0.3 is 4.90 Å². The summed E-state index contributed by atoms with van der Waals surface area (Å²) in [6.45, 7) is 2.42. The topological polar surface area (TPSA) is 66.5 Å². The summed E-state index contributed by atoms with van der Waals surface area (Å²) in [5, 5.41) is -0.640. The number of carbonyl (C=O) groups is 1. The van der Waals surface area contributed by atoms with Gasteiger partial charge in [-0.05, 0) is 38.0 Å². The molecule has 1 aliphatic heterocycles. The van der Waals surface area contributed by atoms with Crippen molar-refractivity contribution in [3.05, 3.63) is 30.1 Å². The third-order valence-electron chi connectivity index (χ3n) is 3.50. The van der Waals surface area contributed by atoms with Crippen LogP contribution < -0.4 is 4.72 Å². The summed E-state index contributed by atoms with van der Waals surface area (Å²) in [6.07, 6.45) is 1.31. The molecule has 122 valence electrons. The molecule has 1 aromatic rings. The maximum Gasteiger partial charge on any atom is 0.240 e. The zero-order chi connectivity index (χ0) is 16.3. The molecule has 5 nitrogen and oxygen atoms in total. The predicted molar refractivity (Wildman–Crippen MR) is 81.6 cm³/mol. The summed E-state index contributed by atoms with van der Waals surface area (Å²) in [5.41, 5.74) is 0. The number of hydrogen-bond acceptors (Lipinski definition) is 3. The first-order valence-electron chi connectivity index (χ1n) is 7.00. The zero-order valence-corrected chi connectivity index (χ0v) is 13.7. The smallest absolute Gasteiger partial charge is 0.240 e. The molecule has 2 atom stereocenters. The maximum absolute atomic E-state index is 13.2. The number of nitrogens with one attached hydrogen (secondary N) is 1. The van der Waals surface area contributed by atoms with Crippen LogP contribution in [0.15, 0.2) is 29.2 Å². The lowest BCUT2D eigenvalue weighted by Crippen LogP contribution is -2.50. The van der Waals surface area contributed by atoms with Crippen LogP contribution in [0.3, 0.4) is 0 Å². The van der Waals surface area contributed by atoms with Crippen molar-refractivity contribution in [1.82, 2.24) is 9.62 Å². The van der Waals surface area contributed by atoms with Gasteiger partial charge in [0.05, 0.1) is 4.90 Å².